The van der Waals surface area contributed by atoms with E-state index in [1.807, 2.05) is 0 Å². The van der Waals surface area contributed by atoms with Gasteiger partial charge in [-0.25, -0.2) is 9.78 Å². The van der Waals surface area contributed by atoms with Gasteiger partial charge in [0, 0.05) is 6.42 Å². The number of hydrogen-bond donors (Lipinski definition) is 0. The molecular weight excluding hydrogens is 156 g/mol. The van der Waals surface area contributed by atoms with Crippen molar-refractivity contribution in [3.8, 4) is 0 Å². The SMILES string of the molecule is COOCCCCC(=O)Cl. The van der Waals surface area contributed by atoms with Gasteiger partial charge in [0.1, 0.15) is 0 Å². The van der Waals surface area contributed by atoms with Crippen molar-refractivity contribution in [2.75, 3.05) is 13.7 Å². The normalized spacial score (nSPS) is 9.80. The zero-order chi connectivity index (χ0) is 7.82. The number of halogens is 1. The Labute approximate surface area is 65.2 Å². The maximum Gasteiger partial charge on any atom is 0.221 e. The number of carbonyl (C=O) groups excluding carboxylic acids is 1. The predicted octanol–water partition coefficient (Wildman–Crippen LogP) is 1.50. The van der Waals surface area contributed by atoms with Crippen molar-refractivity contribution in [2.45, 2.75) is 19.3 Å². The lowest BCUT2D eigenvalue weighted by Crippen LogP contribution is -1.94. The van der Waals surface area contributed by atoms with Gasteiger partial charge in [-0.1, -0.05) is 0 Å². The summed E-state index contributed by atoms with van der Waals surface area (Å²) in [6.45, 7) is 0.515. The molecule has 0 aromatic carbocycles. The zero-order valence-electron chi connectivity index (χ0n) is 5.93. The second kappa shape index (κ2) is 6.99. The number of carbonyl (C=O) groups is 1. The largest absolute Gasteiger partial charge is 0.281 e. The van der Waals surface area contributed by atoms with E-state index in [2.05, 4.69) is 9.78 Å². The first-order chi connectivity index (χ1) is 4.77. The summed E-state index contributed by atoms with van der Waals surface area (Å²) >= 11 is 5.08. The third-order valence-corrected chi connectivity index (χ3v) is 1.16. The number of hydrogen-bond acceptors (Lipinski definition) is 3. The Morgan fingerprint density at radius 2 is 2.20 bits per heavy atom. The molecule has 3 nitrogen and oxygen atoms in total. The topological polar surface area (TPSA) is 35.5 Å². The van der Waals surface area contributed by atoms with E-state index in [9.17, 15) is 4.79 Å². The summed E-state index contributed by atoms with van der Waals surface area (Å²) in [6, 6.07) is 0. The Bertz CT molecular complexity index is 95.0. The minimum atomic E-state index is -0.294. The van der Waals surface area contributed by atoms with Gasteiger partial charge in [-0.3, -0.25) is 4.79 Å². The van der Waals surface area contributed by atoms with E-state index in [1.165, 1.54) is 7.11 Å². The Morgan fingerprint density at radius 3 is 2.70 bits per heavy atom. The van der Waals surface area contributed by atoms with E-state index < -0.39 is 0 Å². The molecule has 0 rings (SSSR count). The van der Waals surface area contributed by atoms with Gasteiger partial charge in [0.2, 0.25) is 5.24 Å². The van der Waals surface area contributed by atoms with Crippen molar-refractivity contribution in [3.63, 3.8) is 0 Å². The summed E-state index contributed by atoms with van der Waals surface area (Å²) in [6.07, 6.45) is 1.96. The molecule has 0 aliphatic carbocycles. The maximum absolute atomic E-state index is 10.2. The Kier molecular flexibility index (Phi) is 6.91. The highest BCUT2D eigenvalue weighted by molar-refractivity contribution is 6.63. The summed E-state index contributed by atoms with van der Waals surface area (Å²) in [4.78, 5) is 19.1. The minimum Gasteiger partial charge on any atom is -0.281 e. The van der Waals surface area contributed by atoms with Crippen molar-refractivity contribution in [3.05, 3.63) is 0 Å². The van der Waals surface area contributed by atoms with Crippen LogP contribution in [0, 0.1) is 0 Å². The molecule has 0 bridgehead atoms. The summed E-state index contributed by atoms with van der Waals surface area (Å²) in [5, 5.41) is -0.294. The molecule has 60 valence electrons. The summed E-state index contributed by atoms with van der Waals surface area (Å²) in [5.74, 6) is 0. The molecule has 0 aliphatic heterocycles. The molecule has 0 saturated carbocycles. The third kappa shape index (κ3) is 7.88. The van der Waals surface area contributed by atoms with Crippen LogP contribution in [0.15, 0.2) is 0 Å². The van der Waals surface area contributed by atoms with Gasteiger partial charge in [0.25, 0.3) is 0 Å². The first-order valence-corrected chi connectivity index (χ1v) is 3.49. The fourth-order valence-corrected chi connectivity index (χ4v) is 0.642. The predicted molar refractivity (Wildman–Crippen MR) is 37.7 cm³/mol. The van der Waals surface area contributed by atoms with E-state index in [0.717, 1.165) is 12.8 Å². The molecular formula is C6H11ClO3. The average molecular weight is 167 g/mol. The molecule has 0 heterocycles. The number of rotatable bonds is 6. The van der Waals surface area contributed by atoms with Gasteiger partial charge in [-0.2, -0.15) is 0 Å². The van der Waals surface area contributed by atoms with Crippen LogP contribution < -0.4 is 0 Å². The second-order valence-corrected chi connectivity index (χ2v) is 2.22. The van der Waals surface area contributed by atoms with E-state index in [4.69, 9.17) is 11.6 Å². The highest BCUT2D eigenvalue weighted by Gasteiger charge is 1.94. The summed E-state index contributed by atoms with van der Waals surface area (Å²) in [7, 11) is 1.45. The lowest BCUT2D eigenvalue weighted by molar-refractivity contribution is -0.272. The van der Waals surface area contributed by atoms with Gasteiger partial charge < -0.3 is 0 Å². The fraction of sp³-hybridized carbons (Fsp3) is 0.833. The maximum atomic E-state index is 10.2. The highest BCUT2D eigenvalue weighted by Crippen LogP contribution is 1.98. The molecule has 0 fully saturated rings. The zero-order valence-corrected chi connectivity index (χ0v) is 6.69. The van der Waals surface area contributed by atoms with Gasteiger partial charge in [0.15, 0.2) is 0 Å². The molecule has 0 spiro atoms. The smallest absolute Gasteiger partial charge is 0.221 e. The molecule has 10 heavy (non-hydrogen) atoms. The summed E-state index contributed by atoms with van der Waals surface area (Å²) in [5.41, 5.74) is 0. The van der Waals surface area contributed by atoms with Crippen LogP contribution in [0.4, 0.5) is 0 Å². The van der Waals surface area contributed by atoms with Crippen LogP contribution in [-0.4, -0.2) is 19.0 Å². The minimum absolute atomic E-state index is 0.294. The average Bonchev–Trinajstić information content (AvgIpc) is 1.87. The molecule has 0 radical (unpaired) electrons. The van der Waals surface area contributed by atoms with Crippen LogP contribution in [0.3, 0.4) is 0 Å². The van der Waals surface area contributed by atoms with Crippen LogP contribution in [-0.2, 0) is 14.6 Å². The molecule has 0 saturated heterocycles. The van der Waals surface area contributed by atoms with Crippen LogP contribution in [0.1, 0.15) is 19.3 Å². The van der Waals surface area contributed by atoms with E-state index in [-0.39, 0.29) is 5.24 Å². The van der Waals surface area contributed by atoms with Crippen LogP contribution in [0.2, 0.25) is 0 Å². The molecule has 0 amide bonds. The van der Waals surface area contributed by atoms with Crippen molar-refractivity contribution >= 4 is 16.8 Å². The van der Waals surface area contributed by atoms with Gasteiger partial charge in [-0.05, 0) is 24.4 Å². The highest BCUT2D eigenvalue weighted by atomic mass is 35.5. The Balaban J connectivity index is 2.84. The standard InChI is InChI=1S/C6H11ClO3/c1-9-10-5-3-2-4-6(7)8/h2-5H2,1H3. The van der Waals surface area contributed by atoms with Gasteiger partial charge in [-0.15, -0.1) is 0 Å². The van der Waals surface area contributed by atoms with Crippen molar-refractivity contribution in [2.24, 2.45) is 0 Å². The third-order valence-electron chi connectivity index (χ3n) is 0.969. The molecule has 0 atom stereocenters. The van der Waals surface area contributed by atoms with E-state index in [0.29, 0.717) is 13.0 Å². The quantitative estimate of drug-likeness (QED) is 0.260. The Hall–Kier alpha value is -0.120. The van der Waals surface area contributed by atoms with Crippen LogP contribution >= 0.6 is 11.6 Å². The molecule has 0 aromatic rings. The molecule has 0 N–H and O–H groups in total. The first kappa shape index (κ1) is 9.88. The fourth-order valence-electron chi connectivity index (χ4n) is 0.508. The van der Waals surface area contributed by atoms with E-state index in [1.54, 1.807) is 0 Å². The molecule has 0 aromatic heterocycles. The van der Waals surface area contributed by atoms with Gasteiger partial charge >= 0.3 is 0 Å². The monoisotopic (exact) mass is 166 g/mol. The molecule has 0 aliphatic rings. The second-order valence-electron chi connectivity index (χ2n) is 1.80. The van der Waals surface area contributed by atoms with Gasteiger partial charge in [0.05, 0.1) is 13.7 Å². The summed E-state index contributed by atoms with van der Waals surface area (Å²) < 4.78 is 0. The lowest BCUT2D eigenvalue weighted by Gasteiger charge is -1.96. The van der Waals surface area contributed by atoms with Crippen molar-refractivity contribution in [1.29, 1.82) is 0 Å². The van der Waals surface area contributed by atoms with Crippen molar-refractivity contribution < 1.29 is 14.6 Å². The molecule has 0 unspecified atom stereocenters. The lowest BCUT2D eigenvalue weighted by atomic mass is 10.3. The first-order valence-electron chi connectivity index (χ1n) is 3.11. The molecule has 4 heteroatoms. The van der Waals surface area contributed by atoms with E-state index >= 15 is 0 Å². The Morgan fingerprint density at radius 1 is 1.50 bits per heavy atom. The number of unbranched alkanes of at least 4 members (excludes halogenated alkanes) is 1. The van der Waals surface area contributed by atoms with Crippen molar-refractivity contribution in [1.82, 2.24) is 0 Å². The van der Waals surface area contributed by atoms with Crippen LogP contribution in [0.25, 0.3) is 0 Å². The van der Waals surface area contributed by atoms with Crippen LogP contribution in [0.5, 0.6) is 0 Å².